The highest BCUT2D eigenvalue weighted by Crippen LogP contribution is 2.25. The molecule has 1 aromatic heterocycles. The van der Waals surface area contributed by atoms with Crippen LogP contribution in [0.25, 0.3) is 0 Å². The Labute approximate surface area is 147 Å². The van der Waals surface area contributed by atoms with E-state index in [0.717, 1.165) is 11.3 Å². The molecule has 25 heavy (non-hydrogen) atoms. The Morgan fingerprint density at radius 2 is 1.96 bits per heavy atom. The summed E-state index contributed by atoms with van der Waals surface area (Å²) in [6.07, 6.45) is 0. The average Bonchev–Trinajstić information content (AvgIpc) is 2.57. The molecule has 1 aromatic carbocycles. The summed E-state index contributed by atoms with van der Waals surface area (Å²) in [5.74, 6) is 0.777. The van der Waals surface area contributed by atoms with Crippen LogP contribution in [0, 0.1) is 13.8 Å². The number of aromatic nitrogens is 2. The minimum absolute atomic E-state index is 0.137. The number of hydrogen-bond acceptors (Lipinski definition) is 4. The van der Waals surface area contributed by atoms with Gasteiger partial charge in [0.05, 0.1) is 12.2 Å². The van der Waals surface area contributed by atoms with Crippen LogP contribution in [0.4, 0.5) is 0 Å². The molecule has 0 bridgehead atoms. The summed E-state index contributed by atoms with van der Waals surface area (Å²) in [6, 6.07) is 7.86. The Kier molecular flexibility index (Phi) is 5.96. The molecule has 0 fully saturated rings. The summed E-state index contributed by atoms with van der Waals surface area (Å²) in [5.41, 5.74) is 2.13. The highest BCUT2D eigenvalue weighted by molar-refractivity contribution is 5.95. The standard InChI is InChI=1S/C19H25N3O3/c1-12(2)15-8-6-7-9-16(15)25-11-10-20-18(23)17-13(3)14(4)21-22(5)19(17)24/h6-9,12H,10-11H2,1-5H3,(H,20,23). The second kappa shape index (κ2) is 7.96. The van der Waals surface area contributed by atoms with Crippen molar-refractivity contribution in [3.05, 3.63) is 57.0 Å². The van der Waals surface area contributed by atoms with Gasteiger partial charge in [0.15, 0.2) is 0 Å². The molecular weight excluding hydrogens is 318 g/mol. The molecule has 0 aliphatic carbocycles. The smallest absolute Gasteiger partial charge is 0.279 e. The monoisotopic (exact) mass is 343 g/mol. The van der Waals surface area contributed by atoms with Gasteiger partial charge < -0.3 is 10.1 Å². The molecule has 0 atom stereocenters. The number of benzene rings is 1. The van der Waals surface area contributed by atoms with Crippen LogP contribution in [0.5, 0.6) is 5.75 Å². The third-order valence-electron chi connectivity index (χ3n) is 4.14. The fourth-order valence-corrected chi connectivity index (χ4v) is 2.62. The summed E-state index contributed by atoms with van der Waals surface area (Å²) in [7, 11) is 1.54. The molecule has 6 nitrogen and oxygen atoms in total. The summed E-state index contributed by atoms with van der Waals surface area (Å²) in [5, 5.41) is 6.83. The first-order valence-corrected chi connectivity index (χ1v) is 8.37. The van der Waals surface area contributed by atoms with Gasteiger partial charge in [0, 0.05) is 7.05 Å². The Bertz CT molecular complexity index is 825. The molecule has 1 N–H and O–H groups in total. The zero-order valence-corrected chi connectivity index (χ0v) is 15.4. The van der Waals surface area contributed by atoms with E-state index in [-0.39, 0.29) is 5.56 Å². The lowest BCUT2D eigenvalue weighted by Crippen LogP contribution is -2.36. The van der Waals surface area contributed by atoms with Crippen molar-refractivity contribution in [3.8, 4) is 5.75 Å². The summed E-state index contributed by atoms with van der Waals surface area (Å²) >= 11 is 0. The van der Waals surface area contributed by atoms with Gasteiger partial charge in [-0.25, -0.2) is 4.68 Å². The topological polar surface area (TPSA) is 73.2 Å². The van der Waals surface area contributed by atoms with Gasteiger partial charge in [0.1, 0.15) is 17.9 Å². The van der Waals surface area contributed by atoms with E-state index in [4.69, 9.17) is 4.74 Å². The third-order valence-corrected chi connectivity index (χ3v) is 4.14. The second-order valence-electron chi connectivity index (χ2n) is 6.31. The number of ether oxygens (including phenoxy) is 1. The van der Waals surface area contributed by atoms with Gasteiger partial charge in [0.25, 0.3) is 11.5 Å². The molecule has 1 amide bonds. The number of para-hydroxylation sites is 1. The van der Waals surface area contributed by atoms with Crippen LogP contribution in [0.1, 0.15) is 46.9 Å². The number of nitrogens with one attached hydrogen (secondary N) is 1. The van der Waals surface area contributed by atoms with Gasteiger partial charge in [-0.3, -0.25) is 9.59 Å². The van der Waals surface area contributed by atoms with E-state index in [1.807, 2.05) is 24.3 Å². The van der Waals surface area contributed by atoms with Crippen LogP contribution >= 0.6 is 0 Å². The van der Waals surface area contributed by atoms with Crippen LogP contribution in [0.2, 0.25) is 0 Å². The minimum atomic E-state index is -0.399. The minimum Gasteiger partial charge on any atom is -0.491 e. The van der Waals surface area contributed by atoms with E-state index >= 15 is 0 Å². The van der Waals surface area contributed by atoms with Crippen LogP contribution in [-0.4, -0.2) is 28.8 Å². The van der Waals surface area contributed by atoms with E-state index in [1.165, 1.54) is 11.7 Å². The van der Waals surface area contributed by atoms with Gasteiger partial charge in [0.2, 0.25) is 0 Å². The van der Waals surface area contributed by atoms with Crippen LogP contribution in [0.3, 0.4) is 0 Å². The van der Waals surface area contributed by atoms with Gasteiger partial charge in [-0.15, -0.1) is 0 Å². The Hall–Kier alpha value is -2.63. The predicted molar refractivity (Wildman–Crippen MR) is 97.3 cm³/mol. The number of carbonyl (C=O) groups excluding carboxylic acids is 1. The number of hydrogen-bond donors (Lipinski definition) is 1. The molecule has 0 saturated heterocycles. The van der Waals surface area contributed by atoms with Crippen LogP contribution in [0.15, 0.2) is 29.1 Å². The van der Waals surface area contributed by atoms with E-state index in [2.05, 4.69) is 24.3 Å². The van der Waals surface area contributed by atoms with E-state index in [0.29, 0.717) is 30.3 Å². The highest BCUT2D eigenvalue weighted by Gasteiger charge is 2.17. The maximum atomic E-state index is 12.4. The lowest BCUT2D eigenvalue weighted by atomic mass is 10.0. The molecule has 0 spiro atoms. The molecule has 0 aliphatic heterocycles. The lowest BCUT2D eigenvalue weighted by Gasteiger charge is -2.14. The summed E-state index contributed by atoms with van der Waals surface area (Å²) in [4.78, 5) is 24.5. The maximum absolute atomic E-state index is 12.4. The first-order valence-electron chi connectivity index (χ1n) is 8.37. The number of aryl methyl sites for hydroxylation is 2. The molecule has 0 radical (unpaired) electrons. The number of carbonyl (C=O) groups is 1. The van der Waals surface area contributed by atoms with Gasteiger partial charge in [-0.2, -0.15) is 5.10 Å². The average molecular weight is 343 g/mol. The van der Waals surface area contributed by atoms with Crippen molar-refractivity contribution in [2.45, 2.75) is 33.6 Å². The number of amides is 1. The fourth-order valence-electron chi connectivity index (χ4n) is 2.62. The van der Waals surface area contributed by atoms with Crippen molar-refractivity contribution in [2.75, 3.05) is 13.2 Å². The predicted octanol–water partition coefficient (Wildman–Crippen LogP) is 2.33. The largest absolute Gasteiger partial charge is 0.491 e. The maximum Gasteiger partial charge on any atom is 0.279 e. The van der Waals surface area contributed by atoms with Gasteiger partial charge in [-0.05, 0) is 37.0 Å². The first kappa shape index (κ1) is 18.7. The quantitative estimate of drug-likeness (QED) is 0.817. The van der Waals surface area contributed by atoms with Crippen molar-refractivity contribution in [1.82, 2.24) is 15.1 Å². The molecule has 2 rings (SSSR count). The van der Waals surface area contributed by atoms with Crippen molar-refractivity contribution in [3.63, 3.8) is 0 Å². The SMILES string of the molecule is Cc1nn(C)c(=O)c(C(=O)NCCOc2ccccc2C(C)C)c1C. The summed E-state index contributed by atoms with van der Waals surface area (Å²) < 4.78 is 6.97. The van der Waals surface area contributed by atoms with E-state index in [1.54, 1.807) is 13.8 Å². The van der Waals surface area contributed by atoms with Crippen molar-refractivity contribution >= 4 is 5.91 Å². The van der Waals surface area contributed by atoms with Gasteiger partial charge >= 0.3 is 0 Å². The molecule has 2 aromatic rings. The molecule has 0 saturated carbocycles. The van der Waals surface area contributed by atoms with Gasteiger partial charge in [-0.1, -0.05) is 32.0 Å². The fraction of sp³-hybridized carbons (Fsp3) is 0.421. The molecule has 0 aliphatic rings. The second-order valence-corrected chi connectivity index (χ2v) is 6.31. The van der Waals surface area contributed by atoms with Crippen molar-refractivity contribution < 1.29 is 9.53 Å². The number of nitrogens with zero attached hydrogens (tertiary/aromatic N) is 2. The Balaban J connectivity index is 2.00. The normalized spacial score (nSPS) is 10.8. The van der Waals surface area contributed by atoms with E-state index < -0.39 is 11.5 Å². The first-order chi connectivity index (χ1) is 11.8. The Morgan fingerprint density at radius 3 is 2.64 bits per heavy atom. The molecular formula is C19H25N3O3. The van der Waals surface area contributed by atoms with Crippen molar-refractivity contribution in [2.24, 2.45) is 7.05 Å². The van der Waals surface area contributed by atoms with Crippen molar-refractivity contribution in [1.29, 1.82) is 0 Å². The third kappa shape index (κ3) is 4.26. The molecule has 0 unspecified atom stereocenters. The molecule has 1 heterocycles. The number of rotatable bonds is 6. The summed E-state index contributed by atoms with van der Waals surface area (Å²) in [6.45, 7) is 8.36. The molecule has 6 heteroatoms. The van der Waals surface area contributed by atoms with Crippen LogP contribution < -0.4 is 15.6 Å². The molecule has 134 valence electrons. The highest BCUT2D eigenvalue weighted by atomic mass is 16.5. The van der Waals surface area contributed by atoms with Crippen LogP contribution in [-0.2, 0) is 7.05 Å². The lowest BCUT2D eigenvalue weighted by molar-refractivity contribution is 0.0943. The zero-order valence-electron chi connectivity index (χ0n) is 15.4. The van der Waals surface area contributed by atoms with E-state index in [9.17, 15) is 9.59 Å². The Morgan fingerprint density at radius 1 is 1.28 bits per heavy atom. The zero-order chi connectivity index (χ0) is 18.6.